The van der Waals surface area contributed by atoms with Crippen molar-refractivity contribution in [3.05, 3.63) is 23.1 Å². The van der Waals surface area contributed by atoms with E-state index in [-0.39, 0.29) is 0 Å². The van der Waals surface area contributed by atoms with Gasteiger partial charge in [0.15, 0.2) is 0 Å². The van der Waals surface area contributed by atoms with Crippen LogP contribution in [0.3, 0.4) is 0 Å². The number of rotatable bonds is 6. The van der Waals surface area contributed by atoms with Crippen LogP contribution in [0.25, 0.3) is 0 Å². The summed E-state index contributed by atoms with van der Waals surface area (Å²) in [5, 5.41) is 0. The second-order valence-corrected chi connectivity index (χ2v) is 8.96. The summed E-state index contributed by atoms with van der Waals surface area (Å²) in [6.45, 7) is 7.24. The van der Waals surface area contributed by atoms with Crippen molar-refractivity contribution in [1.29, 1.82) is 0 Å². The first-order valence-corrected chi connectivity index (χ1v) is 11.0. The van der Waals surface area contributed by atoms with Crippen LogP contribution in [0, 0.1) is 18.3 Å². The van der Waals surface area contributed by atoms with E-state index in [0.29, 0.717) is 30.0 Å². The van der Waals surface area contributed by atoms with E-state index in [4.69, 9.17) is 6.42 Å². The molecular formula is C20H32N2O2S. The van der Waals surface area contributed by atoms with Crippen molar-refractivity contribution in [1.82, 2.24) is 9.21 Å². The molecule has 0 radical (unpaired) electrons. The maximum absolute atomic E-state index is 12.8. The van der Waals surface area contributed by atoms with Crippen LogP contribution in [0.2, 0.25) is 0 Å². The number of hydrogen-bond donors (Lipinski definition) is 0. The molecule has 2 saturated heterocycles. The van der Waals surface area contributed by atoms with E-state index in [0.717, 1.165) is 38.8 Å². The standard InChI is InChI=1S/C20H32N2O2S/c1-4-7-9-20(6-3)25(23,24)22-16-12-19(13-17-22)21-14-10-18(8-5-2)11-15-21/h2,6-7,9,18-19H,4,8,10-17H2,1,3H3/b9-7-,20-6+. The molecule has 2 rings (SSSR count). The molecule has 0 aromatic rings. The highest BCUT2D eigenvalue weighted by Gasteiger charge is 2.33. The Morgan fingerprint density at radius 2 is 1.80 bits per heavy atom. The fourth-order valence-electron chi connectivity index (χ4n) is 3.85. The molecule has 140 valence electrons. The highest BCUT2D eigenvalue weighted by atomic mass is 32.2. The summed E-state index contributed by atoms with van der Waals surface area (Å²) in [6.07, 6.45) is 16.7. The SMILES string of the molecule is C#CCC1CCN(C2CCN(S(=O)(=O)C(/C=C\CC)=C/C)CC2)CC1. The van der Waals surface area contributed by atoms with E-state index in [1.54, 1.807) is 23.4 Å². The first kappa shape index (κ1) is 20.2. The van der Waals surface area contributed by atoms with Crippen molar-refractivity contribution >= 4 is 10.0 Å². The van der Waals surface area contributed by atoms with Gasteiger partial charge in [-0.1, -0.05) is 19.1 Å². The molecule has 2 aliphatic heterocycles. The van der Waals surface area contributed by atoms with Crippen LogP contribution in [0.1, 0.15) is 52.4 Å². The van der Waals surface area contributed by atoms with Gasteiger partial charge in [-0.2, -0.15) is 4.31 Å². The van der Waals surface area contributed by atoms with Gasteiger partial charge in [-0.15, -0.1) is 12.3 Å². The molecule has 0 aromatic heterocycles. The molecule has 2 fully saturated rings. The normalized spacial score (nSPS) is 23.2. The van der Waals surface area contributed by atoms with Gasteiger partial charge in [0, 0.05) is 25.6 Å². The summed E-state index contributed by atoms with van der Waals surface area (Å²) in [5.41, 5.74) is 0. The quantitative estimate of drug-likeness (QED) is 0.536. The van der Waals surface area contributed by atoms with Crippen molar-refractivity contribution in [2.24, 2.45) is 5.92 Å². The van der Waals surface area contributed by atoms with Crippen LogP contribution >= 0.6 is 0 Å². The minimum atomic E-state index is -3.35. The van der Waals surface area contributed by atoms with Crippen molar-refractivity contribution in [3.8, 4) is 12.3 Å². The number of hydrogen-bond acceptors (Lipinski definition) is 3. The second kappa shape index (κ2) is 9.56. The predicted octanol–water partition coefficient (Wildman–Crippen LogP) is 3.39. The van der Waals surface area contributed by atoms with E-state index in [1.165, 1.54) is 12.8 Å². The Balaban J connectivity index is 1.89. The Kier molecular flexibility index (Phi) is 7.74. The summed E-state index contributed by atoms with van der Waals surface area (Å²) in [4.78, 5) is 2.97. The molecule has 25 heavy (non-hydrogen) atoms. The first-order chi connectivity index (χ1) is 12.0. The Bertz CT molecular complexity index is 615. The fourth-order valence-corrected chi connectivity index (χ4v) is 5.41. The molecule has 5 heteroatoms. The van der Waals surface area contributed by atoms with Gasteiger partial charge < -0.3 is 4.90 Å². The number of piperidine rings is 2. The maximum Gasteiger partial charge on any atom is 0.242 e. The van der Waals surface area contributed by atoms with Crippen molar-refractivity contribution in [2.45, 2.75) is 58.4 Å². The van der Waals surface area contributed by atoms with Crippen molar-refractivity contribution in [3.63, 3.8) is 0 Å². The Morgan fingerprint density at radius 1 is 1.16 bits per heavy atom. The summed E-state index contributed by atoms with van der Waals surface area (Å²) in [5.74, 6) is 3.45. The van der Waals surface area contributed by atoms with Crippen LogP contribution in [-0.2, 0) is 10.0 Å². The van der Waals surface area contributed by atoms with Crippen LogP contribution in [0.15, 0.2) is 23.1 Å². The van der Waals surface area contributed by atoms with Crippen LogP contribution < -0.4 is 0 Å². The van der Waals surface area contributed by atoms with Crippen molar-refractivity contribution in [2.75, 3.05) is 26.2 Å². The van der Waals surface area contributed by atoms with Gasteiger partial charge in [0.1, 0.15) is 0 Å². The molecule has 0 unspecified atom stereocenters. The highest BCUT2D eigenvalue weighted by molar-refractivity contribution is 7.93. The number of likely N-dealkylation sites (tertiary alicyclic amines) is 1. The van der Waals surface area contributed by atoms with Gasteiger partial charge in [0.05, 0.1) is 4.91 Å². The molecule has 0 aliphatic carbocycles. The van der Waals surface area contributed by atoms with Crippen LogP contribution in [0.5, 0.6) is 0 Å². The van der Waals surface area contributed by atoms with Crippen molar-refractivity contribution < 1.29 is 8.42 Å². The summed E-state index contributed by atoms with van der Waals surface area (Å²) < 4.78 is 27.2. The molecule has 0 aromatic carbocycles. The van der Waals surface area contributed by atoms with Crippen LogP contribution in [0.4, 0.5) is 0 Å². The largest absolute Gasteiger partial charge is 0.300 e. The zero-order chi connectivity index (χ0) is 18.3. The third-order valence-corrected chi connectivity index (χ3v) is 7.45. The van der Waals surface area contributed by atoms with E-state index in [9.17, 15) is 8.42 Å². The highest BCUT2D eigenvalue weighted by Crippen LogP contribution is 2.27. The minimum absolute atomic E-state index is 0.419. The number of sulfonamides is 1. The fraction of sp³-hybridized carbons (Fsp3) is 0.700. The molecule has 0 amide bonds. The van der Waals surface area contributed by atoms with E-state index in [2.05, 4.69) is 10.8 Å². The number of nitrogens with zero attached hydrogens (tertiary/aromatic N) is 2. The average Bonchev–Trinajstić information content (AvgIpc) is 2.63. The molecule has 0 bridgehead atoms. The summed E-state index contributed by atoms with van der Waals surface area (Å²) in [6, 6.07) is 0.512. The average molecular weight is 365 g/mol. The zero-order valence-electron chi connectivity index (χ0n) is 15.7. The number of terminal acetylenes is 1. The lowest BCUT2D eigenvalue weighted by molar-refractivity contribution is 0.0982. The molecular weight excluding hydrogens is 332 g/mol. The molecule has 0 saturated carbocycles. The van der Waals surface area contributed by atoms with Gasteiger partial charge in [-0.25, -0.2) is 8.42 Å². The minimum Gasteiger partial charge on any atom is -0.300 e. The molecule has 0 N–H and O–H groups in total. The lowest BCUT2D eigenvalue weighted by Crippen LogP contribution is -2.49. The van der Waals surface area contributed by atoms with Gasteiger partial charge in [-0.3, -0.25) is 0 Å². The van der Waals surface area contributed by atoms with E-state index >= 15 is 0 Å². The molecule has 2 aliphatic rings. The lowest BCUT2D eigenvalue weighted by Gasteiger charge is -2.41. The molecule has 2 heterocycles. The molecule has 0 atom stereocenters. The van der Waals surface area contributed by atoms with Gasteiger partial charge >= 0.3 is 0 Å². The predicted molar refractivity (Wildman–Crippen MR) is 104 cm³/mol. The maximum atomic E-state index is 12.8. The monoisotopic (exact) mass is 364 g/mol. The van der Waals surface area contributed by atoms with Gasteiger partial charge in [0.25, 0.3) is 0 Å². The topological polar surface area (TPSA) is 40.6 Å². The van der Waals surface area contributed by atoms with E-state index < -0.39 is 10.0 Å². The second-order valence-electron chi connectivity index (χ2n) is 7.02. The third kappa shape index (κ3) is 5.20. The van der Waals surface area contributed by atoms with E-state index in [1.807, 2.05) is 13.0 Å². The summed E-state index contributed by atoms with van der Waals surface area (Å²) in [7, 11) is -3.35. The van der Waals surface area contributed by atoms with Crippen LogP contribution in [-0.4, -0.2) is 49.8 Å². The third-order valence-electron chi connectivity index (χ3n) is 5.44. The first-order valence-electron chi connectivity index (χ1n) is 9.53. The zero-order valence-corrected chi connectivity index (χ0v) is 16.5. The number of allylic oxidation sites excluding steroid dienone is 3. The Labute approximate surface area is 154 Å². The molecule has 4 nitrogen and oxygen atoms in total. The molecule has 0 spiro atoms. The smallest absolute Gasteiger partial charge is 0.242 e. The Morgan fingerprint density at radius 3 is 2.32 bits per heavy atom. The van der Waals surface area contributed by atoms with Gasteiger partial charge in [0.2, 0.25) is 10.0 Å². The van der Waals surface area contributed by atoms with Gasteiger partial charge in [-0.05, 0) is 64.1 Å². The lowest BCUT2D eigenvalue weighted by atomic mass is 9.92. The summed E-state index contributed by atoms with van der Waals surface area (Å²) >= 11 is 0. The Hall–Kier alpha value is -1.09.